The third-order valence-electron chi connectivity index (χ3n) is 2.40. The highest BCUT2D eigenvalue weighted by Gasteiger charge is 2.14. The molecular weight excluding hydrogens is 150 g/mol. The average Bonchev–Trinajstić information content (AvgIpc) is 2.63. The van der Waals surface area contributed by atoms with Gasteiger partial charge < -0.3 is 5.32 Å². The number of rotatable bonds is 2. The molecule has 0 bridgehead atoms. The number of aromatic nitrogens is 2. The van der Waals surface area contributed by atoms with Crippen LogP contribution in [0.25, 0.3) is 0 Å². The van der Waals surface area contributed by atoms with Crippen molar-refractivity contribution in [1.82, 2.24) is 15.1 Å². The third kappa shape index (κ3) is 1.67. The van der Waals surface area contributed by atoms with Crippen molar-refractivity contribution in [2.75, 3.05) is 6.54 Å². The number of nitrogens with zero attached hydrogens (tertiary/aromatic N) is 2. The van der Waals surface area contributed by atoms with Gasteiger partial charge in [-0.1, -0.05) is 0 Å². The Balaban J connectivity index is 1.94. The molecule has 66 valence electrons. The van der Waals surface area contributed by atoms with Gasteiger partial charge in [-0.25, -0.2) is 0 Å². The molecule has 0 aromatic carbocycles. The minimum Gasteiger partial charge on any atom is -0.314 e. The zero-order valence-corrected chi connectivity index (χ0v) is 7.45. The van der Waals surface area contributed by atoms with Gasteiger partial charge in [-0.15, -0.1) is 0 Å². The maximum absolute atomic E-state index is 4.15. The maximum atomic E-state index is 4.15. The summed E-state index contributed by atoms with van der Waals surface area (Å²) in [6.07, 6.45) is 7.83. The Hall–Kier alpha value is -0.830. The van der Waals surface area contributed by atoms with Gasteiger partial charge in [-0.3, -0.25) is 4.68 Å². The SMILES string of the molecule is Cn1cc(C[C@H]2CCCN2)cn1. The molecule has 0 saturated carbocycles. The fourth-order valence-electron chi connectivity index (χ4n) is 1.79. The predicted molar refractivity (Wildman–Crippen MR) is 47.9 cm³/mol. The molecule has 3 nitrogen and oxygen atoms in total. The van der Waals surface area contributed by atoms with E-state index in [-0.39, 0.29) is 0 Å². The zero-order valence-electron chi connectivity index (χ0n) is 7.45. The van der Waals surface area contributed by atoms with E-state index in [1.165, 1.54) is 24.9 Å². The summed E-state index contributed by atoms with van der Waals surface area (Å²) < 4.78 is 1.87. The van der Waals surface area contributed by atoms with E-state index >= 15 is 0 Å². The second kappa shape index (κ2) is 3.27. The van der Waals surface area contributed by atoms with Gasteiger partial charge in [0.1, 0.15) is 0 Å². The summed E-state index contributed by atoms with van der Waals surface area (Å²) in [5.41, 5.74) is 1.34. The molecule has 0 amide bonds. The molecule has 3 heteroatoms. The van der Waals surface area contributed by atoms with E-state index < -0.39 is 0 Å². The maximum Gasteiger partial charge on any atom is 0.0522 e. The molecule has 1 aromatic heterocycles. The van der Waals surface area contributed by atoms with Crippen LogP contribution in [0.5, 0.6) is 0 Å². The van der Waals surface area contributed by atoms with Crippen molar-refractivity contribution in [1.29, 1.82) is 0 Å². The number of nitrogens with one attached hydrogen (secondary N) is 1. The fraction of sp³-hybridized carbons (Fsp3) is 0.667. The average molecular weight is 165 g/mol. The molecule has 0 unspecified atom stereocenters. The van der Waals surface area contributed by atoms with Gasteiger partial charge in [0, 0.05) is 19.3 Å². The first-order valence-corrected chi connectivity index (χ1v) is 4.55. The molecule has 0 spiro atoms. The highest BCUT2D eigenvalue weighted by Crippen LogP contribution is 2.10. The van der Waals surface area contributed by atoms with Crippen LogP contribution in [0.4, 0.5) is 0 Å². The van der Waals surface area contributed by atoms with Crippen molar-refractivity contribution in [3.63, 3.8) is 0 Å². The number of aryl methyl sites for hydroxylation is 1. The standard InChI is InChI=1S/C9H15N3/c1-12-7-8(6-11-12)5-9-3-2-4-10-9/h6-7,9-10H,2-5H2,1H3/t9-/m1/s1. The van der Waals surface area contributed by atoms with Crippen molar-refractivity contribution in [2.45, 2.75) is 25.3 Å². The molecule has 1 aromatic rings. The molecule has 1 fully saturated rings. The Morgan fingerprint density at radius 2 is 2.67 bits per heavy atom. The minimum absolute atomic E-state index is 0.689. The normalized spacial score (nSPS) is 23.2. The van der Waals surface area contributed by atoms with Crippen molar-refractivity contribution < 1.29 is 0 Å². The first kappa shape index (κ1) is 7.80. The number of hydrogen-bond acceptors (Lipinski definition) is 2. The van der Waals surface area contributed by atoms with Gasteiger partial charge in [0.2, 0.25) is 0 Å². The Kier molecular flexibility index (Phi) is 2.13. The predicted octanol–water partition coefficient (Wildman–Crippen LogP) is 0.715. The van der Waals surface area contributed by atoms with E-state index in [1.54, 1.807) is 0 Å². The summed E-state index contributed by atoms with van der Waals surface area (Å²) in [6, 6.07) is 0.689. The van der Waals surface area contributed by atoms with Crippen LogP contribution >= 0.6 is 0 Å². The zero-order chi connectivity index (χ0) is 8.39. The molecule has 1 aliphatic rings. The largest absolute Gasteiger partial charge is 0.314 e. The molecule has 1 N–H and O–H groups in total. The Morgan fingerprint density at radius 1 is 1.75 bits per heavy atom. The molecular formula is C9H15N3. The first-order valence-electron chi connectivity index (χ1n) is 4.55. The van der Waals surface area contributed by atoms with Crippen LogP contribution in [0.3, 0.4) is 0 Å². The van der Waals surface area contributed by atoms with E-state index in [4.69, 9.17) is 0 Å². The van der Waals surface area contributed by atoms with E-state index in [0.29, 0.717) is 6.04 Å². The van der Waals surface area contributed by atoms with Gasteiger partial charge in [0.25, 0.3) is 0 Å². The summed E-state index contributed by atoms with van der Waals surface area (Å²) in [7, 11) is 1.96. The minimum atomic E-state index is 0.689. The van der Waals surface area contributed by atoms with E-state index in [9.17, 15) is 0 Å². The van der Waals surface area contributed by atoms with Crippen LogP contribution in [0.2, 0.25) is 0 Å². The highest BCUT2D eigenvalue weighted by molar-refractivity contribution is 5.06. The second-order valence-electron chi connectivity index (χ2n) is 3.52. The molecule has 1 aliphatic heterocycles. The Bertz CT molecular complexity index is 248. The van der Waals surface area contributed by atoms with Gasteiger partial charge in [-0.05, 0) is 31.4 Å². The highest BCUT2D eigenvalue weighted by atomic mass is 15.2. The Labute approximate surface area is 72.8 Å². The smallest absolute Gasteiger partial charge is 0.0522 e. The van der Waals surface area contributed by atoms with E-state index in [0.717, 1.165) is 6.42 Å². The summed E-state index contributed by atoms with van der Waals surface area (Å²) in [4.78, 5) is 0. The van der Waals surface area contributed by atoms with Crippen LogP contribution in [0, 0.1) is 0 Å². The molecule has 1 atom stereocenters. The quantitative estimate of drug-likeness (QED) is 0.699. The lowest BCUT2D eigenvalue weighted by Gasteiger charge is -2.06. The van der Waals surface area contributed by atoms with Gasteiger partial charge in [0.05, 0.1) is 6.20 Å². The molecule has 0 radical (unpaired) electrons. The second-order valence-corrected chi connectivity index (χ2v) is 3.52. The van der Waals surface area contributed by atoms with Crippen molar-refractivity contribution in [3.8, 4) is 0 Å². The molecule has 1 saturated heterocycles. The fourth-order valence-corrected chi connectivity index (χ4v) is 1.79. The summed E-state index contributed by atoms with van der Waals surface area (Å²) >= 11 is 0. The van der Waals surface area contributed by atoms with Crippen molar-refractivity contribution in [3.05, 3.63) is 18.0 Å². The number of hydrogen-bond donors (Lipinski definition) is 1. The molecule has 12 heavy (non-hydrogen) atoms. The lowest BCUT2D eigenvalue weighted by molar-refractivity contribution is 0.602. The molecule has 0 aliphatic carbocycles. The van der Waals surface area contributed by atoms with Crippen LogP contribution in [0.15, 0.2) is 12.4 Å². The monoisotopic (exact) mass is 165 g/mol. The van der Waals surface area contributed by atoms with E-state index in [2.05, 4.69) is 16.6 Å². The summed E-state index contributed by atoms with van der Waals surface area (Å²) in [6.45, 7) is 1.19. The lowest BCUT2D eigenvalue weighted by atomic mass is 10.1. The van der Waals surface area contributed by atoms with Gasteiger partial charge in [0.15, 0.2) is 0 Å². The van der Waals surface area contributed by atoms with Gasteiger partial charge >= 0.3 is 0 Å². The summed E-state index contributed by atoms with van der Waals surface area (Å²) in [5, 5.41) is 7.62. The van der Waals surface area contributed by atoms with Crippen LogP contribution in [0.1, 0.15) is 18.4 Å². The third-order valence-corrected chi connectivity index (χ3v) is 2.40. The van der Waals surface area contributed by atoms with Gasteiger partial charge in [-0.2, -0.15) is 5.10 Å². The Morgan fingerprint density at radius 3 is 3.25 bits per heavy atom. The molecule has 2 heterocycles. The van der Waals surface area contributed by atoms with E-state index in [1.807, 2.05) is 17.9 Å². The summed E-state index contributed by atoms with van der Waals surface area (Å²) in [5.74, 6) is 0. The first-order chi connectivity index (χ1) is 5.84. The lowest BCUT2D eigenvalue weighted by Crippen LogP contribution is -2.23. The van der Waals surface area contributed by atoms with Crippen molar-refractivity contribution >= 4 is 0 Å². The molecule has 2 rings (SSSR count). The van der Waals surface area contributed by atoms with Crippen molar-refractivity contribution in [2.24, 2.45) is 7.05 Å². The van der Waals surface area contributed by atoms with Crippen LogP contribution < -0.4 is 5.32 Å². The van der Waals surface area contributed by atoms with Crippen LogP contribution in [-0.4, -0.2) is 22.4 Å². The van der Waals surface area contributed by atoms with Crippen LogP contribution in [-0.2, 0) is 13.5 Å². The topological polar surface area (TPSA) is 29.9 Å².